The van der Waals surface area contributed by atoms with Gasteiger partial charge in [0.05, 0.1) is 41.3 Å². The molecular weight excluding hydrogens is 923 g/mol. The molecule has 3 aromatic carbocycles. The molecule has 6 aliphatic rings. The number of likely N-dealkylation sites (tertiary alicyclic amines) is 1. The molecule has 69 heavy (non-hydrogen) atoms. The largest absolute Gasteiger partial charge is 0.389 e. The normalized spacial score (nSPS) is 20.9. The van der Waals surface area contributed by atoms with Crippen LogP contribution in [0.3, 0.4) is 0 Å². The van der Waals surface area contributed by atoms with Gasteiger partial charge in [-0.2, -0.15) is 0 Å². The Labute approximate surface area is 406 Å². The molecule has 0 aliphatic carbocycles. The fourth-order valence-corrected chi connectivity index (χ4v) is 12.0. The highest BCUT2D eigenvalue weighted by molar-refractivity contribution is 7.13. The average molecular weight is 976 g/mol. The van der Waals surface area contributed by atoms with Gasteiger partial charge in [-0.3, -0.25) is 34.6 Å². The minimum atomic E-state index is -1.10. The molecule has 0 saturated carbocycles. The summed E-state index contributed by atoms with van der Waals surface area (Å²) in [6.07, 6.45) is 8.44. The molecule has 358 valence electrons. The molecule has 19 heteroatoms. The number of hydrogen-bond acceptors (Lipinski definition) is 12. The molecule has 5 amide bonds. The third-order valence-electron chi connectivity index (χ3n) is 15.1. The fourth-order valence-electron chi connectivity index (χ4n) is 11.1. The van der Waals surface area contributed by atoms with Crippen molar-refractivity contribution in [2.75, 3.05) is 59.7 Å². The number of rotatable bonds is 11. The average Bonchev–Trinajstić information content (AvgIpc) is 4.15. The van der Waals surface area contributed by atoms with E-state index in [4.69, 9.17) is 11.6 Å². The Morgan fingerprint density at radius 1 is 0.928 bits per heavy atom. The molecule has 0 radical (unpaired) electrons. The van der Waals surface area contributed by atoms with Gasteiger partial charge in [0.2, 0.25) is 17.7 Å². The Kier molecular flexibility index (Phi) is 11.7. The van der Waals surface area contributed by atoms with Crippen molar-refractivity contribution in [1.82, 2.24) is 29.7 Å². The van der Waals surface area contributed by atoms with Crippen LogP contribution in [0.25, 0.3) is 11.1 Å². The molecule has 4 saturated heterocycles. The minimum absolute atomic E-state index is 0.0211. The van der Waals surface area contributed by atoms with E-state index in [1.165, 1.54) is 22.3 Å². The number of nitrogens with one attached hydrogen (secondary N) is 3. The summed E-state index contributed by atoms with van der Waals surface area (Å²) >= 11 is 7.97. The van der Waals surface area contributed by atoms with E-state index < -0.39 is 35.3 Å². The summed E-state index contributed by atoms with van der Waals surface area (Å²) in [5.74, 6) is -2.01. The maximum atomic E-state index is 16.0. The van der Waals surface area contributed by atoms with E-state index in [1.54, 1.807) is 30.0 Å². The lowest BCUT2D eigenvalue weighted by Gasteiger charge is -2.55. The predicted octanol–water partition coefficient (Wildman–Crippen LogP) is 6.15. The van der Waals surface area contributed by atoms with Crippen molar-refractivity contribution in [3.8, 4) is 11.1 Å². The van der Waals surface area contributed by atoms with Crippen molar-refractivity contribution in [2.24, 2.45) is 5.41 Å². The number of anilines is 4. The molecule has 0 bridgehead atoms. The third kappa shape index (κ3) is 8.71. The van der Waals surface area contributed by atoms with E-state index in [0.29, 0.717) is 72.5 Å². The lowest BCUT2D eigenvalue weighted by molar-refractivity contribution is -0.150. The number of aromatic nitrogens is 3. The maximum absolute atomic E-state index is 16.0. The molecule has 6 aliphatic heterocycles. The minimum Gasteiger partial charge on any atom is -0.389 e. The molecule has 2 atom stereocenters. The summed E-state index contributed by atoms with van der Waals surface area (Å²) in [6, 6.07) is 15.1. The van der Waals surface area contributed by atoms with Crippen LogP contribution in [0.15, 0.2) is 72.5 Å². The van der Waals surface area contributed by atoms with Gasteiger partial charge in [-0.05, 0) is 98.5 Å². The third-order valence-corrected chi connectivity index (χ3v) is 16.1. The van der Waals surface area contributed by atoms with E-state index in [2.05, 4.69) is 35.7 Å². The molecule has 1 unspecified atom stereocenters. The highest BCUT2D eigenvalue weighted by Crippen LogP contribution is 2.44. The standard InChI is InChI=1S/C50H52ClFN10O6S/c51-36-24-32(55-38-8-10-41(63)56-45(38)65)5-9-39(36)59-19-13-50(68,14-20-59)25-42(64)61-27-49(28-61)11-17-58(18-12-49)33-6-3-30(4-7-33)31-22-34-35(37(52)23-31)26-62(47(34)67)44(46(66)57-48-53-15-21-69-48)43-40-2-1-16-60(40)29-54-43/h3-7,9,15,21-24,29,38,44,55,68H,1-2,8,10-14,16-20,25-28H2,(H,53,57,66)(H,56,63,65)/t38-,44?/m0/s1. The number of imidazole rings is 1. The quantitative estimate of drug-likeness (QED) is 0.111. The molecule has 16 nitrogen and oxygen atoms in total. The Morgan fingerprint density at radius 3 is 2.42 bits per heavy atom. The van der Waals surface area contributed by atoms with Gasteiger partial charge in [0.15, 0.2) is 11.2 Å². The number of amides is 5. The monoisotopic (exact) mass is 974 g/mol. The van der Waals surface area contributed by atoms with Gasteiger partial charge in [-0.25, -0.2) is 14.4 Å². The Hall–Kier alpha value is -6.37. The number of aliphatic hydroxyl groups is 1. The predicted molar refractivity (Wildman–Crippen MR) is 258 cm³/mol. The van der Waals surface area contributed by atoms with E-state index in [9.17, 15) is 29.1 Å². The summed E-state index contributed by atoms with van der Waals surface area (Å²) in [5, 5.41) is 22.6. The van der Waals surface area contributed by atoms with Gasteiger partial charge >= 0.3 is 0 Å². The zero-order valence-corrected chi connectivity index (χ0v) is 39.5. The van der Waals surface area contributed by atoms with Gasteiger partial charge in [0, 0.05) is 97.4 Å². The first-order valence-electron chi connectivity index (χ1n) is 23.7. The Bertz CT molecular complexity index is 2850. The van der Waals surface area contributed by atoms with Crippen molar-refractivity contribution in [2.45, 2.75) is 88.6 Å². The lowest BCUT2D eigenvalue weighted by Crippen LogP contribution is -2.62. The van der Waals surface area contributed by atoms with Gasteiger partial charge < -0.3 is 34.6 Å². The van der Waals surface area contributed by atoms with Crippen molar-refractivity contribution >= 4 is 74.7 Å². The second kappa shape index (κ2) is 17.9. The zero-order valence-electron chi connectivity index (χ0n) is 37.9. The fraction of sp³-hybridized carbons (Fsp3) is 0.420. The van der Waals surface area contributed by atoms with Crippen LogP contribution in [0, 0.1) is 11.2 Å². The van der Waals surface area contributed by atoms with Crippen LogP contribution in [-0.2, 0) is 38.7 Å². The Morgan fingerprint density at radius 2 is 1.70 bits per heavy atom. The molecular formula is C50H52ClFN10O6S. The van der Waals surface area contributed by atoms with Crippen LogP contribution in [-0.4, -0.2) is 110 Å². The van der Waals surface area contributed by atoms with E-state index in [-0.39, 0.29) is 53.6 Å². The SMILES string of the molecule is O=C1CC[C@H](Nc2ccc(N3CCC(O)(CC(=O)N4CC5(CCN(c6ccc(-c7cc(F)c8c(c7)C(=O)N(C(C(=O)Nc7nccs7)c7ncn9c7CCC9)C8)cc6)CC5)C4)CC3)c(Cl)c2)C(=O)N1. The molecule has 1 spiro atoms. The van der Waals surface area contributed by atoms with Crippen molar-refractivity contribution in [1.29, 1.82) is 0 Å². The Balaban J connectivity index is 0.670. The number of carbonyl (C=O) groups excluding carboxylic acids is 5. The summed E-state index contributed by atoms with van der Waals surface area (Å²) in [7, 11) is 0. The summed E-state index contributed by atoms with van der Waals surface area (Å²) in [5.41, 5.74) is 4.74. The number of nitrogens with zero attached hydrogens (tertiary/aromatic N) is 7. The number of fused-ring (bicyclic) bond motifs is 2. The van der Waals surface area contributed by atoms with Gasteiger partial charge in [0.25, 0.3) is 11.8 Å². The van der Waals surface area contributed by atoms with E-state index in [0.717, 1.165) is 67.9 Å². The van der Waals surface area contributed by atoms with Crippen LogP contribution in [0.2, 0.25) is 5.02 Å². The van der Waals surface area contributed by atoms with Crippen LogP contribution >= 0.6 is 22.9 Å². The number of imide groups is 1. The topological polar surface area (TPSA) is 185 Å². The van der Waals surface area contributed by atoms with E-state index in [1.807, 2.05) is 45.9 Å². The van der Waals surface area contributed by atoms with Crippen molar-refractivity contribution in [3.05, 3.63) is 106 Å². The highest BCUT2D eigenvalue weighted by Gasteiger charge is 2.48. The number of benzene rings is 3. The van der Waals surface area contributed by atoms with Crippen LogP contribution in [0.5, 0.6) is 0 Å². The highest BCUT2D eigenvalue weighted by atomic mass is 35.5. The van der Waals surface area contributed by atoms with Gasteiger partial charge in [-0.15, -0.1) is 11.3 Å². The summed E-state index contributed by atoms with van der Waals surface area (Å²) in [6.45, 7) is 4.82. The summed E-state index contributed by atoms with van der Waals surface area (Å²) < 4.78 is 18.0. The van der Waals surface area contributed by atoms with Crippen LogP contribution in [0.4, 0.5) is 26.6 Å². The van der Waals surface area contributed by atoms with Crippen LogP contribution in [0.1, 0.15) is 84.7 Å². The second-order valence-corrected chi connectivity index (χ2v) is 20.8. The molecule has 11 rings (SSSR count). The smallest absolute Gasteiger partial charge is 0.255 e. The second-order valence-electron chi connectivity index (χ2n) is 19.5. The first-order valence-corrected chi connectivity index (χ1v) is 24.9. The summed E-state index contributed by atoms with van der Waals surface area (Å²) in [4.78, 5) is 81.8. The molecule has 2 aromatic heterocycles. The number of thiazole rings is 1. The van der Waals surface area contributed by atoms with Gasteiger partial charge in [-0.1, -0.05) is 23.7 Å². The maximum Gasteiger partial charge on any atom is 0.255 e. The number of hydrogen-bond donors (Lipinski definition) is 4. The molecule has 5 aromatic rings. The zero-order chi connectivity index (χ0) is 47.6. The molecule has 4 N–H and O–H groups in total. The van der Waals surface area contributed by atoms with Crippen LogP contribution < -0.4 is 25.8 Å². The first kappa shape index (κ1) is 45.1. The number of halogens is 2. The number of carbonyl (C=O) groups is 5. The molecule has 8 heterocycles. The van der Waals surface area contributed by atoms with Crippen molar-refractivity contribution < 1.29 is 33.5 Å². The lowest BCUT2D eigenvalue weighted by atomic mass is 9.71. The molecule has 4 fully saturated rings. The van der Waals surface area contributed by atoms with Crippen molar-refractivity contribution in [3.63, 3.8) is 0 Å². The number of piperidine rings is 3. The van der Waals surface area contributed by atoms with E-state index >= 15 is 4.39 Å². The van der Waals surface area contributed by atoms with Gasteiger partial charge in [0.1, 0.15) is 11.9 Å². The first-order chi connectivity index (χ1) is 33.3. The number of aryl methyl sites for hydroxylation is 1.